The smallest absolute Gasteiger partial charge is 0.253 e. The van der Waals surface area contributed by atoms with Crippen LogP contribution in [0.4, 0.5) is 4.39 Å². The van der Waals surface area contributed by atoms with Crippen LogP contribution in [0.2, 0.25) is 0 Å². The van der Waals surface area contributed by atoms with Crippen molar-refractivity contribution in [2.24, 2.45) is 0 Å². The number of likely N-dealkylation sites (tertiary alicyclic amines) is 1. The maximum absolute atomic E-state index is 13.1. The molecule has 1 atom stereocenters. The molecule has 1 saturated heterocycles. The molecule has 1 amide bonds. The van der Waals surface area contributed by atoms with E-state index in [0.29, 0.717) is 17.7 Å². The lowest BCUT2D eigenvalue weighted by molar-refractivity contribution is 0.0754. The van der Waals surface area contributed by atoms with Crippen molar-refractivity contribution in [3.63, 3.8) is 0 Å². The highest BCUT2D eigenvalue weighted by Crippen LogP contribution is 2.27. The Balaban J connectivity index is 1.77. The van der Waals surface area contributed by atoms with E-state index in [0.717, 1.165) is 31.4 Å². The molecule has 3 nitrogen and oxygen atoms in total. The van der Waals surface area contributed by atoms with E-state index in [1.54, 1.807) is 24.3 Å². The fraction of sp³-hybridized carbons (Fsp3) is 0.300. The van der Waals surface area contributed by atoms with E-state index in [9.17, 15) is 9.18 Å². The van der Waals surface area contributed by atoms with Crippen molar-refractivity contribution in [2.45, 2.75) is 25.2 Å². The Labute approximate surface area is 141 Å². The van der Waals surface area contributed by atoms with Gasteiger partial charge in [-0.25, -0.2) is 4.39 Å². The summed E-state index contributed by atoms with van der Waals surface area (Å²) >= 11 is 0. The van der Waals surface area contributed by atoms with E-state index in [2.05, 4.69) is 6.07 Å². The van der Waals surface area contributed by atoms with Crippen LogP contribution in [-0.4, -0.2) is 23.9 Å². The first-order valence-electron chi connectivity index (χ1n) is 8.22. The minimum atomic E-state index is -0.238. The van der Waals surface area contributed by atoms with Crippen LogP contribution in [-0.2, 0) is 0 Å². The van der Waals surface area contributed by atoms with Crippen molar-refractivity contribution >= 4 is 5.91 Å². The molecular weight excluding hydrogens is 303 g/mol. The largest absolute Gasteiger partial charge is 0.338 e. The van der Waals surface area contributed by atoms with Gasteiger partial charge < -0.3 is 4.90 Å². The first-order valence-corrected chi connectivity index (χ1v) is 8.22. The summed E-state index contributed by atoms with van der Waals surface area (Å²) in [5.74, 6) is -0.0122. The van der Waals surface area contributed by atoms with Crippen molar-refractivity contribution < 1.29 is 9.18 Å². The van der Waals surface area contributed by atoms with Gasteiger partial charge in [-0.3, -0.25) is 4.79 Å². The SMILES string of the molecule is N#Cc1ccc(C(=O)N2CCCC[C@@H](c3ccc(F)cc3)C2)cc1. The molecular formula is C20H19FN2O. The Morgan fingerprint density at radius 3 is 2.46 bits per heavy atom. The van der Waals surface area contributed by atoms with Crippen molar-refractivity contribution in [3.8, 4) is 6.07 Å². The second-order valence-electron chi connectivity index (χ2n) is 6.18. The highest BCUT2D eigenvalue weighted by Gasteiger charge is 2.24. The molecule has 0 N–H and O–H groups in total. The number of hydrogen-bond acceptors (Lipinski definition) is 2. The zero-order valence-corrected chi connectivity index (χ0v) is 13.4. The summed E-state index contributed by atoms with van der Waals surface area (Å²) in [7, 11) is 0. The topological polar surface area (TPSA) is 44.1 Å². The molecule has 0 aromatic heterocycles. The quantitative estimate of drug-likeness (QED) is 0.835. The highest BCUT2D eigenvalue weighted by molar-refractivity contribution is 5.94. The van der Waals surface area contributed by atoms with Crippen molar-refractivity contribution in [3.05, 3.63) is 71.0 Å². The third-order valence-corrected chi connectivity index (χ3v) is 4.56. The van der Waals surface area contributed by atoms with Gasteiger partial charge in [0.05, 0.1) is 11.6 Å². The van der Waals surface area contributed by atoms with Gasteiger partial charge >= 0.3 is 0 Å². The van der Waals surface area contributed by atoms with Gasteiger partial charge in [0.25, 0.3) is 5.91 Å². The van der Waals surface area contributed by atoms with E-state index >= 15 is 0 Å². The van der Waals surface area contributed by atoms with Gasteiger partial charge in [-0.05, 0) is 54.8 Å². The molecule has 0 bridgehead atoms. The standard InChI is InChI=1S/C20H19FN2O/c21-19-10-8-16(9-11-19)18-3-1-2-12-23(14-18)20(24)17-6-4-15(13-22)5-7-17/h4-11,18H,1-3,12,14H2/t18-/m1/s1. The summed E-state index contributed by atoms with van der Waals surface area (Å²) in [6.07, 6.45) is 3.03. The van der Waals surface area contributed by atoms with E-state index in [1.165, 1.54) is 12.1 Å². The molecule has 2 aromatic carbocycles. The lowest BCUT2D eigenvalue weighted by Gasteiger charge is -2.25. The van der Waals surface area contributed by atoms with Crippen molar-refractivity contribution in [2.75, 3.05) is 13.1 Å². The number of rotatable bonds is 2. The number of hydrogen-bond donors (Lipinski definition) is 0. The second-order valence-corrected chi connectivity index (χ2v) is 6.18. The van der Waals surface area contributed by atoms with Gasteiger partial charge in [-0.2, -0.15) is 5.26 Å². The van der Waals surface area contributed by atoms with Gasteiger partial charge in [-0.1, -0.05) is 18.6 Å². The van der Waals surface area contributed by atoms with Crippen LogP contribution in [0.3, 0.4) is 0 Å². The summed E-state index contributed by atoms with van der Waals surface area (Å²) in [4.78, 5) is 14.6. The number of nitriles is 1. The Morgan fingerprint density at radius 1 is 1.08 bits per heavy atom. The average Bonchev–Trinajstić information content (AvgIpc) is 2.88. The first-order chi connectivity index (χ1) is 11.7. The number of amides is 1. The number of halogens is 1. The van der Waals surface area contributed by atoms with Gasteiger partial charge in [0.15, 0.2) is 0 Å². The molecule has 1 heterocycles. The molecule has 0 saturated carbocycles. The lowest BCUT2D eigenvalue weighted by Crippen LogP contribution is -2.34. The molecule has 0 spiro atoms. The van der Waals surface area contributed by atoms with Crippen LogP contribution in [0, 0.1) is 17.1 Å². The normalized spacial score (nSPS) is 17.8. The Kier molecular flexibility index (Phi) is 4.90. The molecule has 3 rings (SSSR count). The molecule has 2 aromatic rings. The van der Waals surface area contributed by atoms with Crippen LogP contribution in [0.15, 0.2) is 48.5 Å². The van der Waals surface area contributed by atoms with Crippen LogP contribution in [0.1, 0.15) is 46.7 Å². The molecule has 0 aliphatic carbocycles. The molecule has 4 heteroatoms. The van der Waals surface area contributed by atoms with E-state index in [1.807, 2.05) is 17.0 Å². The fourth-order valence-electron chi connectivity index (χ4n) is 3.20. The van der Waals surface area contributed by atoms with Crippen LogP contribution < -0.4 is 0 Å². The van der Waals surface area contributed by atoms with Gasteiger partial charge in [0.1, 0.15) is 5.82 Å². The number of nitrogens with zero attached hydrogens (tertiary/aromatic N) is 2. The maximum atomic E-state index is 13.1. The highest BCUT2D eigenvalue weighted by atomic mass is 19.1. The molecule has 1 fully saturated rings. The van der Waals surface area contributed by atoms with Gasteiger partial charge in [-0.15, -0.1) is 0 Å². The predicted octanol–water partition coefficient (Wildman–Crippen LogP) is 4.11. The minimum absolute atomic E-state index is 0.00602. The molecule has 122 valence electrons. The zero-order valence-electron chi connectivity index (χ0n) is 13.4. The van der Waals surface area contributed by atoms with Crippen molar-refractivity contribution in [1.82, 2.24) is 4.90 Å². The van der Waals surface area contributed by atoms with E-state index < -0.39 is 0 Å². The number of benzene rings is 2. The Morgan fingerprint density at radius 2 is 1.79 bits per heavy atom. The summed E-state index contributed by atoms with van der Waals surface area (Å²) in [5.41, 5.74) is 2.23. The monoisotopic (exact) mass is 322 g/mol. The number of carbonyl (C=O) groups excluding carboxylic acids is 1. The lowest BCUT2D eigenvalue weighted by atomic mass is 9.94. The van der Waals surface area contributed by atoms with Crippen molar-refractivity contribution in [1.29, 1.82) is 5.26 Å². The summed E-state index contributed by atoms with van der Waals surface area (Å²) in [6, 6.07) is 15.4. The van der Waals surface area contributed by atoms with Crippen LogP contribution in [0.5, 0.6) is 0 Å². The summed E-state index contributed by atoms with van der Waals surface area (Å²) in [6.45, 7) is 1.38. The van der Waals surface area contributed by atoms with E-state index in [4.69, 9.17) is 5.26 Å². The van der Waals surface area contributed by atoms with Crippen LogP contribution >= 0.6 is 0 Å². The Hall–Kier alpha value is -2.67. The number of carbonyl (C=O) groups is 1. The molecule has 24 heavy (non-hydrogen) atoms. The average molecular weight is 322 g/mol. The first kappa shape index (κ1) is 16.2. The fourth-order valence-corrected chi connectivity index (χ4v) is 3.20. The third-order valence-electron chi connectivity index (χ3n) is 4.56. The molecule has 0 radical (unpaired) electrons. The zero-order chi connectivity index (χ0) is 16.9. The maximum Gasteiger partial charge on any atom is 0.253 e. The third kappa shape index (κ3) is 3.62. The second kappa shape index (κ2) is 7.27. The van der Waals surface area contributed by atoms with Gasteiger partial charge in [0, 0.05) is 24.6 Å². The van der Waals surface area contributed by atoms with Crippen LogP contribution in [0.25, 0.3) is 0 Å². The summed E-state index contributed by atoms with van der Waals surface area (Å²) in [5, 5.41) is 8.86. The predicted molar refractivity (Wildman–Crippen MR) is 90.1 cm³/mol. The van der Waals surface area contributed by atoms with E-state index in [-0.39, 0.29) is 17.6 Å². The van der Waals surface area contributed by atoms with Gasteiger partial charge in [0.2, 0.25) is 0 Å². The Bertz CT molecular complexity index is 747. The molecule has 0 unspecified atom stereocenters. The summed E-state index contributed by atoms with van der Waals surface area (Å²) < 4.78 is 13.1. The minimum Gasteiger partial charge on any atom is -0.338 e. The molecule has 1 aliphatic heterocycles. The molecule has 1 aliphatic rings.